The molecule has 0 unspecified atom stereocenters. The molecule has 0 aromatic heterocycles. The number of halogens is 1. The summed E-state index contributed by atoms with van der Waals surface area (Å²) in [6, 6.07) is 10.4. The van der Waals surface area contributed by atoms with Crippen LogP contribution in [-0.4, -0.2) is 40.4 Å². The molecule has 9 heteroatoms. The maximum absolute atomic E-state index is 13.1. The van der Waals surface area contributed by atoms with Crippen LogP contribution in [0.25, 0.3) is 0 Å². The molecule has 0 aliphatic carbocycles. The third-order valence-corrected chi connectivity index (χ3v) is 4.69. The van der Waals surface area contributed by atoms with Gasteiger partial charge in [0.05, 0.1) is 5.56 Å². The minimum atomic E-state index is -1.39. The molecule has 1 saturated heterocycles. The highest BCUT2D eigenvalue weighted by Gasteiger charge is 2.49. The number of hydrogen-bond donors (Lipinski definition) is 3. The summed E-state index contributed by atoms with van der Waals surface area (Å²) in [6.45, 7) is 1.12. The number of nitrogens with zero attached hydrogens (tertiary/aromatic N) is 1. The molecule has 0 saturated carbocycles. The molecule has 3 rings (SSSR count). The highest BCUT2D eigenvalue weighted by atomic mass is 19.1. The predicted octanol–water partition coefficient (Wildman–Crippen LogP) is 1.61. The molecule has 2 aromatic rings. The fourth-order valence-electron chi connectivity index (χ4n) is 2.98. The fraction of sp³-hybridized carbons (Fsp3) is 0.200. The summed E-state index contributed by atoms with van der Waals surface area (Å²) in [4.78, 5) is 48.8. The lowest BCUT2D eigenvalue weighted by Gasteiger charge is -2.22. The Balaban J connectivity index is 1.62. The molecule has 8 nitrogen and oxygen atoms in total. The second-order valence-electron chi connectivity index (χ2n) is 6.73. The number of rotatable bonds is 6. The Morgan fingerprint density at radius 1 is 1.10 bits per heavy atom. The Morgan fingerprint density at radius 3 is 2.31 bits per heavy atom. The molecule has 0 spiro atoms. The molecular formula is C20H18FN3O5. The van der Waals surface area contributed by atoms with Crippen LogP contribution < -0.4 is 10.6 Å². The van der Waals surface area contributed by atoms with Crippen LogP contribution in [0.2, 0.25) is 0 Å². The minimum absolute atomic E-state index is 0.109. The van der Waals surface area contributed by atoms with E-state index in [0.29, 0.717) is 11.1 Å². The van der Waals surface area contributed by atoms with Crippen LogP contribution >= 0.6 is 0 Å². The van der Waals surface area contributed by atoms with Gasteiger partial charge < -0.3 is 15.7 Å². The zero-order valence-corrected chi connectivity index (χ0v) is 15.4. The normalized spacial score (nSPS) is 18.5. The SMILES string of the molecule is C[C@@]1(c2ccc(F)cc2)NC(=O)N(CC(=O)NCc2ccc(C(=O)O)cc2)C1=O. The van der Waals surface area contributed by atoms with Crippen molar-refractivity contribution in [1.82, 2.24) is 15.5 Å². The first-order valence-corrected chi connectivity index (χ1v) is 8.70. The van der Waals surface area contributed by atoms with Crippen LogP contribution in [-0.2, 0) is 21.7 Å². The summed E-state index contributed by atoms with van der Waals surface area (Å²) < 4.78 is 13.1. The van der Waals surface area contributed by atoms with Gasteiger partial charge in [0.1, 0.15) is 17.9 Å². The quantitative estimate of drug-likeness (QED) is 0.638. The van der Waals surface area contributed by atoms with Gasteiger partial charge in [-0.1, -0.05) is 24.3 Å². The van der Waals surface area contributed by atoms with Crippen LogP contribution in [0, 0.1) is 5.82 Å². The summed E-state index contributed by atoms with van der Waals surface area (Å²) in [6.07, 6.45) is 0. The van der Waals surface area contributed by atoms with Gasteiger partial charge in [-0.25, -0.2) is 14.0 Å². The molecular weight excluding hydrogens is 381 g/mol. The van der Waals surface area contributed by atoms with E-state index in [2.05, 4.69) is 10.6 Å². The Labute approximate surface area is 165 Å². The molecule has 1 aliphatic heterocycles. The van der Waals surface area contributed by atoms with Gasteiger partial charge in [-0.2, -0.15) is 0 Å². The number of carbonyl (C=O) groups excluding carboxylic acids is 3. The average Bonchev–Trinajstić information content (AvgIpc) is 2.91. The Morgan fingerprint density at radius 2 is 1.72 bits per heavy atom. The van der Waals surface area contributed by atoms with Crippen molar-refractivity contribution in [1.29, 1.82) is 0 Å². The lowest BCUT2D eigenvalue weighted by molar-refractivity contribution is -0.134. The van der Waals surface area contributed by atoms with Crippen molar-refractivity contribution in [2.75, 3.05) is 6.54 Å². The van der Waals surface area contributed by atoms with E-state index in [4.69, 9.17) is 5.11 Å². The first-order chi connectivity index (χ1) is 13.7. The largest absolute Gasteiger partial charge is 0.478 e. The minimum Gasteiger partial charge on any atom is -0.478 e. The smallest absolute Gasteiger partial charge is 0.335 e. The van der Waals surface area contributed by atoms with Gasteiger partial charge in [0.25, 0.3) is 5.91 Å². The number of aromatic carboxylic acids is 1. The number of benzene rings is 2. The highest BCUT2D eigenvalue weighted by Crippen LogP contribution is 2.28. The standard InChI is InChI=1S/C20H18FN3O5/c1-20(14-6-8-15(21)9-7-14)18(28)24(19(29)23-20)11-16(25)22-10-12-2-4-13(5-3-12)17(26)27/h2-9H,10-11H2,1H3,(H,22,25)(H,23,29)(H,26,27)/t20-/m0/s1. The van der Waals surface area contributed by atoms with Gasteiger partial charge >= 0.3 is 12.0 Å². The number of carboxylic acid groups (broad SMARTS) is 1. The molecule has 0 radical (unpaired) electrons. The van der Waals surface area contributed by atoms with Gasteiger partial charge in [0, 0.05) is 6.54 Å². The van der Waals surface area contributed by atoms with Gasteiger partial charge in [0.15, 0.2) is 0 Å². The first kappa shape index (κ1) is 20.0. The number of amides is 4. The van der Waals surface area contributed by atoms with Crippen molar-refractivity contribution in [3.63, 3.8) is 0 Å². The topological polar surface area (TPSA) is 116 Å². The molecule has 29 heavy (non-hydrogen) atoms. The zero-order valence-electron chi connectivity index (χ0n) is 15.4. The Kier molecular flexibility index (Phi) is 5.31. The van der Waals surface area contributed by atoms with E-state index >= 15 is 0 Å². The molecule has 150 valence electrons. The summed E-state index contributed by atoms with van der Waals surface area (Å²) in [5.74, 6) is -2.70. The van der Waals surface area contributed by atoms with Crippen LogP contribution in [0.3, 0.4) is 0 Å². The predicted molar refractivity (Wildman–Crippen MR) is 99.2 cm³/mol. The molecule has 2 aromatic carbocycles. The highest BCUT2D eigenvalue weighted by molar-refractivity contribution is 6.09. The Bertz CT molecular complexity index is 975. The van der Waals surface area contributed by atoms with E-state index in [-0.39, 0.29) is 12.1 Å². The van der Waals surface area contributed by atoms with Crippen molar-refractivity contribution < 1.29 is 28.7 Å². The summed E-state index contributed by atoms with van der Waals surface area (Å²) >= 11 is 0. The first-order valence-electron chi connectivity index (χ1n) is 8.70. The molecule has 0 bridgehead atoms. The average molecular weight is 399 g/mol. The number of urea groups is 1. The van der Waals surface area contributed by atoms with E-state index in [1.807, 2.05) is 0 Å². The Hall–Kier alpha value is -3.75. The van der Waals surface area contributed by atoms with E-state index in [1.54, 1.807) is 12.1 Å². The van der Waals surface area contributed by atoms with E-state index in [0.717, 1.165) is 4.90 Å². The lowest BCUT2D eigenvalue weighted by atomic mass is 9.92. The van der Waals surface area contributed by atoms with Crippen molar-refractivity contribution in [2.24, 2.45) is 0 Å². The van der Waals surface area contributed by atoms with E-state index in [1.165, 1.54) is 43.3 Å². The number of nitrogens with one attached hydrogen (secondary N) is 2. The third-order valence-electron chi connectivity index (χ3n) is 4.69. The van der Waals surface area contributed by atoms with Crippen molar-refractivity contribution in [3.05, 3.63) is 71.0 Å². The zero-order chi connectivity index (χ0) is 21.2. The van der Waals surface area contributed by atoms with Crippen LogP contribution in [0.15, 0.2) is 48.5 Å². The number of hydrogen-bond acceptors (Lipinski definition) is 4. The van der Waals surface area contributed by atoms with Gasteiger partial charge in [-0.15, -0.1) is 0 Å². The third kappa shape index (κ3) is 4.08. The summed E-state index contributed by atoms with van der Waals surface area (Å²) in [5.41, 5.74) is -0.201. The summed E-state index contributed by atoms with van der Waals surface area (Å²) in [5, 5.41) is 14.0. The van der Waals surface area contributed by atoms with Gasteiger partial charge in [0.2, 0.25) is 5.91 Å². The van der Waals surface area contributed by atoms with Gasteiger partial charge in [-0.3, -0.25) is 14.5 Å². The number of carbonyl (C=O) groups is 4. The molecule has 1 fully saturated rings. The van der Waals surface area contributed by atoms with Crippen molar-refractivity contribution in [2.45, 2.75) is 19.0 Å². The molecule has 3 N–H and O–H groups in total. The van der Waals surface area contributed by atoms with E-state index < -0.39 is 41.7 Å². The number of carboxylic acids is 1. The van der Waals surface area contributed by atoms with Crippen LogP contribution in [0.5, 0.6) is 0 Å². The fourth-order valence-corrected chi connectivity index (χ4v) is 2.98. The maximum atomic E-state index is 13.1. The second-order valence-corrected chi connectivity index (χ2v) is 6.73. The van der Waals surface area contributed by atoms with E-state index in [9.17, 15) is 23.6 Å². The molecule has 1 atom stereocenters. The lowest BCUT2D eigenvalue weighted by Crippen LogP contribution is -2.43. The molecule has 4 amide bonds. The maximum Gasteiger partial charge on any atom is 0.335 e. The number of imide groups is 1. The summed E-state index contributed by atoms with van der Waals surface area (Å²) in [7, 11) is 0. The molecule has 1 aliphatic rings. The van der Waals surface area contributed by atoms with Crippen LogP contribution in [0.4, 0.5) is 9.18 Å². The van der Waals surface area contributed by atoms with Crippen molar-refractivity contribution >= 4 is 23.8 Å². The molecule has 1 heterocycles. The van der Waals surface area contributed by atoms with Crippen LogP contribution in [0.1, 0.15) is 28.4 Å². The van der Waals surface area contributed by atoms with Gasteiger partial charge in [-0.05, 0) is 42.3 Å². The van der Waals surface area contributed by atoms with Crippen molar-refractivity contribution in [3.8, 4) is 0 Å². The second kappa shape index (κ2) is 7.70. The monoisotopic (exact) mass is 399 g/mol.